The van der Waals surface area contributed by atoms with Crippen molar-refractivity contribution >= 4 is 16.9 Å². The van der Waals surface area contributed by atoms with E-state index >= 15 is 0 Å². The molecule has 0 saturated carbocycles. The maximum absolute atomic E-state index is 12.2. The Hall–Kier alpha value is -3.97. The number of aromatic hydroxyl groups is 1. The van der Waals surface area contributed by atoms with Crippen LogP contribution in [0.1, 0.15) is 35.2 Å². The van der Waals surface area contributed by atoms with Gasteiger partial charge in [0.2, 0.25) is 0 Å². The standard InChI is InChI=1S/C21H21NO3.C6H5NO2/c23-19-10-9-16-17(15-7-3-1-4-8-15)13-20(24)25-21(16)18(19)14-22-11-5-2-6-12-22;8-6(9)5-1-3-7-4-2-5/h1,3-4,7-10,13,23H,2,5-6,11-12,14H2;1-4H,(H,8,9). The van der Waals surface area contributed by atoms with Crippen LogP contribution in [0.5, 0.6) is 5.75 Å². The molecule has 7 heteroatoms. The monoisotopic (exact) mass is 458 g/mol. The molecule has 0 radical (unpaired) electrons. The van der Waals surface area contributed by atoms with Gasteiger partial charge in [0.1, 0.15) is 12.3 Å². The van der Waals surface area contributed by atoms with Gasteiger partial charge in [-0.3, -0.25) is 4.98 Å². The van der Waals surface area contributed by atoms with E-state index in [0.717, 1.165) is 35.2 Å². The Balaban J connectivity index is 0.000000257. The molecule has 0 aliphatic carbocycles. The quantitative estimate of drug-likeness (QED) is 0.454. The smallest absolute Gasteiger partial charge is 0.336 e. The van der Waals surface area contributed by atoms with Gasteiger partial charge in [-0.15, -0.1) is 0 Å². The van der Waals surface area contributed by atoms with E-state index in [1.807, 2.05) is 36.4 Å². The van der Waals surface area contributed by atoms with E-state index in [1.54, 1.807) is 6.07 Å². The van der Waals surface area contributed by atoms with E-state index in [1.165, 1.54) is 54.8 Å². The van der Waals surface area contributed by atoms with Crippen molar-refractivity contribution in [3.63, 3.8) is 0 Å². The topological polar surface area (TPSA) is 108 Å². The molecule has 5 rings (SSSR count). The van der Waals surface area contributed by atoms with Crippen molar-refractivity contribution in [2.75, 3.05) is 13.1 Å². The number of nitrogens with one attached hydrogen (secondary N) is 1. The summed E-state index contributed by atoms with van der Waals surface area (Å²) in [4.78, 5) is 27.3. The van der Waals surface area contributed by atoms with Gasteiger partial charge >= 0.3 is 5.63 Å². The third-order valence-corrected chi connectivity index (χ3v) is 5.98. The number of carbonyl (C=O) groups is 1. The maximum atomic E-state index is 12.2. The molecule has 2 aromatic carbocycles. The Morgan fingerprint density at radius 1 is 1.00 bits per heavy atom. The molecule has 174 valence electrons. The number of aromatic nitrogens is 1. The number of benzene rings is 2. The largest absolute Gasteiger partial charge is 0.545 e. The fraction of sp³-hybridized carbons (Fsp3) is 0.222. The lowest BCUT2D eigenvalue weighted by Gasteiger charge is -2.24. The fourth-order valence-electron chi connectivity index (χ4n) is 4.27. The molecule has 4 aromatic rings. The summed E-state index contributed by atoms with van der Waals surface area (Å²) in [5.74, 6) is -0.962. The van der Waals surface area contributed by atoms with E-state index in [4.69, 9.17) is 4.42 Å². The van der Waals surface area contributed by atoms with Crippen LogP contribution in [0.3, 0.4) is 0 Å². The SMILES string of the molecule is O=C([O-])c1ccncc1.O=c1cc(-c2ccccc2)c2ccc(O)c(C[NH+]3CCCCC3)c2o1. The lowest BCUT2D eigenvalue weighted by Crippen LogP contribution is -3.11. The van der Waals surface area contributed by atoms with Crippen LogP contribution in [0, 0.1) is 0 Å². The number of quaternary nitrogens is 1. The summed E-state index contributed by atoms with van der Waals surface area (Å²) in [6.45, 7) is 2.88. The fourth-order valence-corrected chi connectivity index (χ4v) is 4.27. The molecule has 2 aromatic heterocycles. The molecule has 0 amide bonds. The van der Waals surface area contributed by atoms with Crippen LogP contribution in [-0.2, 0) is 6.54 Å². The van der Waals surface area contributed by atoms with Gasteiger partial charge in [-0.1, -0.05) is 30.3 Å². The number of rotatable bonds is 4. The van der Waals surface area contributed by atoms with Crippen molar-refractivity contribution in [3.05, 3.63) is 94.6 Å². The first-order valence-electron chi connectivity index (χ1n) is 11.3. The van der Waals surface area contributed by atoms with Crippen LogP contribution in [0.4, 0.5) is 0 Å². The Kier molecular flexibility index (Phi) is 7.34. The molecule has 0 unspecified atom stereocenters. The highest BCUT2D eigenvalue weighted by atomic mass is 16.4. The van der Waals surface area contributed by atoms with E-state index in [2.05, 4.69) is 4.98 Å². The number of carboxylic acids is 1. The van der Waals surface area contributed by atoms with Crippen LogP contribution >= 0.6 is 0 Å². The summed E-state index contributed by atoms with van der Waals surface area (Å²) in [5, 5.41) is 21.3. The van der Waals surface area contributed by atoms with Gasteiger partial charge < -0.3 is 24.3 Å². The third-order valence-electron chi connectivity index (χ3n) is 5.98. The molecule has 1 aliphatic rings. The van der Waals surface area contributed by atoms with E-state index in [9.17, 15) is 19.8 Å². The summed E-state index contributed by atoms with van der Waals surface area (Å²) in [6, 6.07) is 17.7. The molecule has 3 heterocycles. The van der Waals surface area contributed by atoms with Gasteiger partial charge in [-0.2, -0.15) is 0 Å². The number of phenolic OH excluding ortho intramolecular Hbond substituents is 1. The van der Waals surface area contributed by atoms with Gasteiger partial charge in [-0.05, 0) is 54.7 Å². The minimum absolute atomic E-state index is 0.157. The Morgan fingerprint density at radius 3 is 2.35 bits per heavy atom. The van der Waals surface area contributed by atoms with Gasteiger partial charge in [0.25, 0.3) is 0 Å². The zero-order chi connectivity index (χ0) is 23.9. The second-order valence-corrected chi connectivity index (χ2v) is 8.30. The van der Waals surface area contributed by atoms with Crippen molar-refractivity contribution < 1.29 is 24.3 Å². The summed E-state index contributed by atoms with van der Waals surface area (Å²) in [7, 11) is 0. The first kappa shape index (κ1) is 23.2. The predicted molar refractivity (Wildman–Crippen MR) is 126 cm³/mol. The number of pyridine rings is 1. The summed E-state index contributed by atoms with van der Waals surface area (Å²) >= 11 is 0. The second kappa shape index (κ2) is 10.8. The van der Waals surface area contributed by atoms with Crippen molar-refractivity contribution in [1.82, 2.24) is 4.98 Å². The van der Waals surface area contributed by atoms with E-state index < -0.39 is 5.97 Å². The number of carbonyl (C=O) groups excluding carboxylic acids is 1. The predicted octanol–water partition coefficient (Wildman–Crippen LogP) is 2.18. The van der Waals surface area contributed by atoms with Gasteiger partial charge in [0, 0.05) is 29.4 Å². The van der Waals surface area contributed by atoms with Crippen LogP contribution in [0.2, 0.25) is 0 Å². The molecule has 7 nitrogen and oxygen atoms in total. The zero-order valence-electron chi connectivity index (χ0n) is 18.7. The number of nitrogens with zero attached hydrogens (tertiary/aromatic N) is 1. The lowest BCUT2D eigenvalue weighted by molar-refractivity contribution is -0.918. The molecule has 34 heavy (non-hydrogen) atoms. The van der Waals surface area contributed by atoms with Gasteiger partial charge in [0.05, 0.1) is 24.6 Å². The van der Waals surface area contributed by atoms with Crippen molar-refractivity contribution in [2.24, 2.45) is 0 Å². The summed E-state index contributed by atoms with van der Waals surface area (Å²) in [6.07, 6.45) is 6.51. The molecule has 1 fully saturated rings. The van der Waals surface area contributed by atoms with E-state index in [0.29, 0.717) is 12.1 Å². The average Bonchev–Trinajstić information content (AvgIpc) is 2.87. The summed E-state index contributed by atoms with van der Waals surface area (Å²) in [5.41, 5.74) is 2.86. The average molecular weight is 459 g/mol. The van der Waals surface area contributed by atoms with Crippen molar-refractivity contribution in [1.29, 1.82) is 0 Å². The molecule has 2 N–H and O–H groups in total. The normalized spacial score (nSPS) is 13.8. The van der Waals surface area contributed by atoms with Crippen LogP contribution < -0.4 is 15.6 Å². The van der Waals surface area contributed by atoms with Gasteiger partial charge in [0.15, 0.2) is 5.58 Å². The Morgan fingerprint density at radius 2 is 1.71 bits per heavy atom. The Bertz CT molecular complexity index is 1310. The number of phenols is 1. The van der Waals surface area contributed by atoms with Crippen LogP contribution in [0.15, 0.2) is 82.3 Å². The number of piperidine rings is 1. The highest BCUT2D eigenvalue weighted by Gasteiger charge is 2.21. The molecule has 0 spiro atoms. The van der Waals surface area contributed by atoms with Crippen molar-refractivity contribution in [2.45, 2.75) is 25.8 Å². The number of likely N-dealkylation sites (tertiary alicyclic amines) is 1. The minimum atomic E-state index is -1.17. The lowest BCUT2D eigenvalue weighted by atomic mass is 9.99. The molecule has 0 bridgehead atoms. The molecule has 1 saturated heterocycles. The second-order valence-electron chi connectivity index (χ2n) is 8.30. The number of aromatic carboxylic acids is 1. The Labute approximate surface area is 196 Å². The number of carboxylic acid groups (broad SMARTS) is 1. The zero-order valence-corrected chi connectivity index (χ0v) is 18.7. The first-order valence-corrected chi connectivity index (χ1v) is 11.3. The number of hydrogen-bond acceptors (Lipinski definition) is 6. The third kappa shape index (κ3) is 5.50. The maximum Gasteiger partial charge on any atom is 0.336 e. The summed E-state index contributed by atoms with van der Waals surface area (Å²) < 4.78 is 5.55. The van der Waals surface area contributed by atoms with Crippen LogP contribution in [0.25, 0.3) is 22.1 Å². The minimum Gasteiger partial charge on any atom is -0.545 e. The highest BCUT2D eigenvalue weighted by Crippen LogP contribution is 2.32. The van der Waals surface area contributed by atoms with Crippen LogP contribution in [-0.4, -0.2) is 29.1 Å². The van der Waals surface area contributed by atoms with Gasteiger partial charge in [-0.25, -0.2) is 4.79 Å². The molecular weight excluding hydrogens is 432 g/mol. The molecule has 0 atom stereocenters. The van der Waals surface area contributed by atoms with E-state index in [-0.39, 0.29) is 16.9 Å². The number of fused-ring (bicyclic) bond motifs is 1. The highest BCUT2D eigenvalue weighted by molar-refractivity contribution is 5.95. The molecular formula is C27H26N2O5. The first-order chi connectivity index (χ1) is 16.5. The number of hydrogen-bond donors (Lipinski definition) is 2. The molecule has 1 aliphatic heterocycles. The van der Waals surface area contributed by atoms with Crippen molar-refractivity contribution in [3.8, 4) is 16.9 Å².